The topological polar surface area (TPSA) is 97.2 Å². The van der Waals surface area contributed by atoms with Gasteiger partial charge in [-0.2, -0.15) is 0 Å². The Bertz CT molecular complexity index is 1430. The van der Waals surface area contributed by atoms with E-state index in [1.807, 2.05) is 42.5 Å². The summed E-state index contributed by atoms with van der Waals surface area (Å²) in [7, 11) is -3.82. The standard InChI is InChI=1S/C25H20N2O4S2/c28-25(29)18-7-9-21(16-4-5-16)24(14-18)33(30,31)15-19-13-17(23-10-12-27-32-23)6-8-20(19)22-3-1-2-11-26-22/h1-3,6-14,16H,4-5,15H2,(H,28,29). The van der Waals surface area contributed by atoms with E-state index in [1.54, 1.807) is 18.5 Å². The number of sulfone groups is 1. The van der Waals surface area contributed by atoms with Crippen molar-refractivity contribution in [3.63, 3.8) is 0 Å². The second kappa shape index (κ2) is 8.53. The highest BCUT2D eigenvalue weighted by atomic mass is 32.2. The van der Waals surface area contributed by atoms with Gasteiger partial charge < -0.3 is 5.11 Å². The summed E-state index contributed by atoms with van der Waals surface area (Å²) in [6.07, 6.45) is 5.21. The highest BCUT2D eigenvalue weighted by Crippen LogP contribution is 2.44. The molecule has 8 heteroatoms. The number of carbonyl (C=O) groups is 1. The molecule has 5 rings (SSSR count). The Balaban J connectivity index is 1.63. The van der Waals surface area contributed by atoms with E-state index in [0.717, 1.165) is 28.8 Å². The molecule has 0 saturated heterocycles. The first-order valence-corrected chi connectivity index (χ1v) is 12.9. The Morgan fingerprint density at radius 1 is 1.03 bits per heavy atom. The SMILES string of the molecule is O=C(O)c1ccc(C2CC2)c(S(=O)(=O)Cc2cc(-c3ccns3)ccc2-c2ccccn2)c1. The first-order chi connectivity index (χ1) is 15.9. The lowest BCUT2D eigenvalue weighted by Gasteiger charge is -2.15. The van der Waals surface area contributed by atoms with E-state index in [2.05, 4.69) is 9.36 Å². The first-order valence-electron chi connectivity index (χ1n) is 10.5. The van der Waals surface area contributed by atoms with E-state index in [0.29, 0.717) is 16.8 Å². The summed E-state index contributed by atoms with van der Waals surface area (Å²) in [5, 5.41) is 9.44. The van der Waals surface area contributed by atoms with Gasteiger partial charge in [0.05, 0.1) is 26.8 Å². The number of rotatable bonds is 7. The summed E-state index contributed by atoms with van der Waals surface area (Å²) in [6.45, 7) is 0. The number of hydrogen-bond acceptors (Lipinski definition) is 6. The quantitative estimate of drug-likeness (QED) is 0.382. The van der Waals surface area contributed by atoms with Gasteiger partial charge in [0.15, 0.2) is 9.84 Å². The van der Waals surface area contributed by atoms with Gasteiger partial charge in [-0.05, 0) is 83.4 Å². The first kappa shape index (κ1) is 21.5. The van der Waals surface area contributed by atoms with Crippen molar-refractivity contribution in [2.45, 2.75) is 29.4 Å². The second-order valence-corrected chi connectivity index (χ2v) is 10.8. The normalized spacial score (nSPS) is 13.7. The summed E-state index contributed by atoms with van der Waals surface area (Å²) in [4.78, 5) is 17.0. The largest absolute Gasteiger partial charge is 0.478 e. The van der Waals surface area contributed by atoms with E-state index >= 15 is 0 Å². The maximum Gasteiger partial charge on any atom is 0.335 e. The molecule has 1 fully saturated rings. The lowest BCUT2D eigenvalue weighted by molar-refractivity contribution is 0.0696. The molecule has 0 amide bonds. The van der Waals surface area contributed by atoms with Crippen molar-refractivity contribution in [2.24, 2.45) is 0 Å². The number of benzene rings is 2. The Kier molecular flexibility index (Phi) is 5.55. The van der Waals surface area contributed by atoms with Crippen molar-refractivity contribution in [2.75, 3.05) is 0 Å². The van der Waals surface area contributed by atoms with Crippen molar-refractivity contribution in [1.29, 1.82) is 0 Å². The van der Waals surface area contributed by atoms with Crippen LogP contribution in [0.2, 0.25) is 0 Å². The van der Waals surface area contributed by atoms with Crippen LogP contribution in [0.1, 0.15) is 40.2 Å². The number of hydrogen-bond donors (Lipinski definition) is 1. The Morgan fingerprint density at radius 3 is 2.55 bits per heavy atom. The van der Waals surface area contributed by atoms with Gasteiger partial charge in [0, 0.05) is 18.0 Å². The van der Waals surface area contributed by atoms with Crippen LogP contribution in [-0.4, -0.2) is 28.9 Å². The van der Waals surface area contributed by atoms with Gasteiger partial charge in [0.25, 0.3) is 0 Å². The molecule has 0 unspecified atom stereocenters. The van der Waals surface area contributed by atoms with Crippen molar-refractivity contribution in [3.8, 4) is 21.7 Å². The molecule has 2 aromatic heterocycles. The third kappa shape index (κ3) is 4.44. The fourth-order valence-electron chi connectivity index (χ4n) is 3.95. The molecule has 1 saturated carbocycles. The predicted octanol–water partition coefficient (Wildman–Crippen LogP) is 5.42. The molecular weight excluding hydrogens is 456 g/mol. The van der Waals surface area contributed by atoms with E-state index < -0.39 is 15.8 Å². The van der Waals surface area contributed by atoms with E-state index in [9.17, 15) is 18.3 Å². The lowest BCUT2D eigenvalue weighted by Crippen LogP contribution is -2.11. The Labute approximate surface area is 195 Å². The van der Waals surface area contributed by atoms with Crippen molar-refractivity contribution >= 4 is 27.3 Å². The molecule has 1 N–H and O–H groups in total. The van der Waals surface area contributed by atoms with Gasteiger partial charge in [0.2, 0.25) is 0 Å². The van der Waals surface area contributed by atoms with Gasteiger partial charge in [-0.1, -0.05) is 24.3 Å². The van der Waals surface area contributed by atoms with Crippen LogP contribution in [0.25, 0.3) is 21.7 Å². The minimum absolute atomic E-state index is 0.0265. The number of carboxylic acid groups (broad SMARTS) is 1. The fraction of sp³-hybridized carbons (Fsp3) is 0.160. The summed E-state index contributed by atoms with van der Waals surface area (Å²) < 4.78 is 31.5. The molecular formula is C25H20N2O4S2. The van der Waals surface area contributed by atoms with Crippen molar-refractivity contribution in [1.82, 2.24) is 9.36 Å². The highest BCUT2D eigenvalue weighted by molar-refractivity contribution is 7.90. The Hall–Kier alpha value is -3.36. The highest BCUT2D eigenvalue weighted by Gasteiger charge is 2.31. The maximum absolute atomic E-state index is 13.7. The van der Waals surface area contributed by atoms with Crippen LogP contribution in [0.5, 0.6) is 0 Å². The molecule has 6 nitrogen and oxygen atoms in total. The van der Waals surface area contributed by atoms with Gasteiger partial charge in [-0.25, -0.2) is 17.6 Å². The van der Waals surface area contributed by atoms with Gasteiger partial charge in [-0.15, -0.1) is 0 Å². The van der Waals surface area contributed by atoms with E-state index in [-0.39, 0.29) is 22.1 Å². The molecule has 1 aliphatic carbocycles. The molecule has 2 heterocycles. The average molecular weight is 477 g/mol. The molecule has 33 heavy (non-hydrogen) atoms. The van der Waals surface area contributed by atoms with Gasteiger partial charge in [-0.3, -0.25) is 4.98 Å². The molecule has 0 aliphatic heterocycles. The number of nitrogens with zero attached hydrogens (tertiary/aromatic N) is 2. The fourth-order valence-corrected chi connectivity index (χ4v) is 6.25. The predicted molar refractivity (Wildman–Crippen MR) is 127 cm³/mol. The molecule has 2 aromatic carbocycles. The van der Waals surface area contributed by atoms with E-state index in [1.165, 1.54) is 23.7 Å². The number of aromatic nitrogens is 2. The molecule has 4 aromatic rings. The molecule has 0 radical (unpaired) electrons. The van der Waals surface area contributed by atoms with Crippen molar-refractivity contribution in [3.05, 3.63) is 89.7 Å². The monoisotopic (exact) mass is 476 g/mol. The third-order valence-electron chi connectivity index (χ3n) is 5.73. The molecule has 0 spiro atoms. The van der Waals surface area contributed by atoms with Crippen LogP contribution in [0.3, 0.4) is 0 Å². The van der Waals surface area contributed by atoms with Crippen molar-refractivity contribution < 1.29 is 18.3 Å². The number of pyridine rings is 1. The van der Waals surface area contributed by atoms with Gasteiger partial charge >= 0.3 is 5.97 Å². The van der Waals surface area contributed by atoms with Crippen LogP contribution in [0, 0.1) is 0 Å². The third-order valence-corrected chi connectivity index (χ3v) is 8.24. The van der Waals surface area contributed by atoms with E-state index in [4.69, 9.17) is 0 Å². The number of aromatic carboxylic acids is 1. The minimum Gasteiger partial charge on any atom is -0.478 e. The second-order valence-electron chi connectivity index (χ2n) is 8.05. The summed E-state index contributed by atoms with van der Waals surface area (Å²) >= 11 is 1.34. The molecule has 1 aliphatic rings. The van der Waals surface area contributed by atoms with Crippen LogP contribution < -0.4 is 0 Å². The van der Waals surface area contributed by atoms with Crippen LogP contribution in [-0.2, 0) is 15.6 Å². The lowest BCUT2D eigenvalue weighted by atomic mass is 10.0. The van der Waals surface area contributed by atoms with Gasteiger partial charge in [0.1, 0.15) is 0 Å². The zero-order valence-electron chi connectivity index (χ0n) is 17.5. The average Bonchev–Trinajstić information content (AvgIpc) is 3.52. The molecule has 0 atom stereocenters. The summed E-state index contributed by atoms with van der Waals surface area (Å²) in [5.74, 6) is -1.24. The number of carboxylic acids is 1. The summed E-state index contributed by atoms with van der Waals surface area (Å²) in [5.41, 5.74) is 3.58. The molecule has 166 valence electrons. The zero-order valence-corrected chi connectivity index (χ0v) is 19.1. The van der Waals surface area contributed by atoms with Crippen LogP contribution >= 0.6 is 11.5 Å². The van der Waals surface area contributed by atoms with Crippen LogP contribution in [0.4, 0.5) is 0 Å². The Morgan fingerprint density at radius 2 is 1.88 bits per heavy atom. The zero-order chi connectivity index (χ0) is 23.0. The smallest absolute Gasteiger partial charge is 0.335 e. The maximum atomic E-state index is 13.7. The minimum atomic E-state index is -3.82. The summed E-state index contributed by atoms with van der Waals surface area (Å²) in [6, 6.07) is 17.5. The molecule has 0 bridgehead atoms. The van der Waals surface area contributed by atoms with Crippen LogP contribution in [0.15, 0.2) is 78.0 Å².